The summed E-state index contributed by atoms with van der Waals surface area (Å²) < 4.78 is 123. The Labute approximate surface area is 889 Å². The third-order valence-corrected chi connectivity index (χ3v) is 27.1. The van der Waals surface area contributed by atoms with Crippen LogP contribution in [0.25, 0.3) is 0 Å². The van der Waals surface area contributed by atoms with E-state index in [0.717, 1.165) is 82.6 Å². The van der Waals surface area contributed by atoms with E-state index in [1.807, 2.05) is 11.8 Å². The summed E-state index contributed by atoms with van der Waals surface area (Å²) in [6, 6.07) is 15.8. The normalized spacial score (nSPS) is 15.7. The molecule has 0 bridgehead atoms. The van der Waals surface area contributed by atoms with E-state index >= 15 is 0 Å². The van der Waals surface area contributed by atoms with E-state index in [1.54, 1.807) is 120 Å². The van der Waals surface area contributed by atoms with Crippen molar-refractivity contribution in [2.75, 3.05) is 227 Å². The molecule has 6 amide bonds. The summed E-state index contributed by atoms with van der Waals surface area (Å²) in [5, 5.41) is 29.0. The second kappa shape index (κ2) is 71.9. The molecule has 2 aromatic heterocycles. The topological polar surface area (TPSA) is 501 Å². The average molecular weight is 2170 g/mol. The lowest BCUT2D eigenvalue weighted by atomic mass is 9.83. The molecule has 2 saturated carbocycles. The molecule has 150 heavy (non-hydrogen) atoms. The van der Waals surface area contributed by atoms with Gasteiger partial charge in [0.25, 0.3) is 10.1 Å². The molecule has 4 aliphatic rings. The number of aryl methyl sites for hydroxylation is 1. The minimum absolute atomic E-state index is 0.00493. The Hall–Kier alpha value is -9.92. The zero-order valence-electron chi connectivity index (χ0n) is 89.6. The molecule has 45 heteroatoms. The molecule has 0 radical (unpaired) electrons. The SMILES string of the molecule is COC(=O)CCOCCOCCOCCOCCO.COC(=O)CCOCCOCCOCCOCCOS(=O)(=O)c1ccc(C)cc1.COC(=O)CCOCCOCCOCCOCCOc1cccc(C(=O)c2csc([C@@H]3CCCN3C(=O)[C@@H](NC(=O)[C@H](C)N(C)C(=O)OC(C)(C)C)C3CCCCC3)n2)c1.C[C@@H](C(=O)N[C@H](C(=O)N1CCC[C@H]1c1nc(C(=O)c2cccc(O)c2)cs1)C1CCCCC1)N(C)C(=O)OC(C)(C)C. The maximum absolute atomic E-state index is 14.4. The molecule has 2 aliphatic carbocycles. The summed E-state index contributed by atoms with van der Waals surface area (Å²) >= 11 is 2.69. The largest absolute Gasteiger partial charge is 0.508 e. The molecule has 42 nitrogen and oxygen atoms in total. The number of likely N-dealkylation sites (N-methyl/N-ethyl adjacent to an activating group) is 2. The Kier molecular flexibility index (Phi) is 61.7. The van der Waals surface area contributed by atoms with E-state index in [-0.39, 0.29) is 127 Å². The van der Waals surface area contributed by atoms with Gasteiger partial charge in [0, 0.05) is 49.1 Å². The minimum atomic E-state index is -3.76. The summed E-state index contributed by atoms with van der Waals surface area (Å²) in [7, 11) is 3.30. The zero-order valence-corrected chi connectivity index (χ0v) is 92.0. The molecule has 5 aromatic rings. The molecule has 842 valence electrons. The molecule has 0 spiro atoms. The summed E-state index contributed by atoms with van der Waals surface area (Å²) in [6.45, 7) is 26.3. The van der Waals surface area contributed by atoms with E-state index in [4.69, 9.17) is 85.3 Å². The highest BCUT2D eigenvalue weighted by Crippen LogP contribution is 2.40. The third-order valence-electron chi connectivity index (χ3n) is 23.9. The van der Waals surface area contributed by atoms with Crippen LogP contribution in [-0.4, -0.2) is 376 Å². The highest BCUT2D eigenvalue weighted by atomic mass is 32.2. The predicted octanol–water partition coefficient (Wildman–Crippen LogP) is 11.4. The number of amides is 6. The van der Waals surface area contributed by atoms with Gasteiger partial charge in [0.1, 0.15) is 74.9 Å². The van der Waals surface area contributed by atoms with Crippen LogP contribution >= 0.6 is 22.7 Å². The van der Waals surface area contributed by atoms with E-state index in [0.29, 0.717) is 210 Å². The lowest BCUT2D eigenvalue weighted by molar-refractivity contribution is -0.142. The highest BCUT2D eigenvalue weighted by molar-refractivity contribution is 7.86. The molecule has 2 aliphatic heterocycles. The molecule has 2 saturated heterocycles. The van der Waals surface area contributed by atoms with E-state index in [9.17, 15) is 66.3 Å². The fourth-order valence-electron chi connectivity index (χ4n) is 15.6. The third kappa shape index (κ3) is 49.9. The number of nitrogens with zero attached hydrogens (tertiary/aromatic N) is 6. The molecule has 4 fully saturated rings. The number of rotatable bonds is 63. The van der Waals surface area contributed by atoms with Gasteiger partial charge < -0.3 is 116 Å². The number of aliphatic hydroxyl groups is 1. The first kappa shape index (κ1) is 129. The van der Waals surface area contributed by atoms with Crippen LogP contribution in [0.3, 0.4) is 0 Å². The summed E-state index contributed by atoms with van der Waals surface area (Å²) in [6.07, 6.45) is 11.9. The smallest absolute Gasteiger partial charge is 0.410 e. The Morgan fingerprint density at radius 3 is 1.11 bits per heavy atom. The molecular formula is C105H160N8O34S3. The maximum atomic E-state index is 14.4. The number of benzene rings is 3. The van der Waals surface area contributed by atoms with Gasteiger partial charge in [-0.05, 0) is 162 Å². The number of esters is 3. The van der Waals surface area contributed by atoms with Gasteiger partial charge in [-0.25, -0.2) is 19.6 Å². The van der Waals surface area contributed by atoms with Crippen LogP contribution in [0.15, 0.2) is 88.5 Å². The zero-order chi connectivity index (χ0) is 110. The van der Waals surface area contributed by atoms with Crippen molar-refractivity contribution in [1.29, 1.82) is 0 Å². The number of nitrogens with one attached hydrogen (secondary N) is 2. The van der Waals surface area contributed by atoms with Crippen molar-refractivity contribution in [2.45, 2.75) is 224 Å². The van der Waals surface area contributed by atoms with Crippen LogP contribution < -0.4 is 15.4 Å². The Morgan fingerprint density at radius 1 is 0.433 bits per heavy atom. The Morgan fingerprint density at radius 2 is 0.767 bits per heavy atom. The van der Waals surface area contributed by atoms with Gasteiger partial charge in [-0.2, -0.15) is 8.42 Å². The number of thiazole rings is 2. The van der Waals surface area contributed by atoms with Crippen LogP contribution in [0.5, 0.6) is 11.5 Å². The fourth-order valence-corrected chi connectivity index (χ4v) is 18.4. The number of ketones is 2. The monoisotopic (exact) mass is 2170 g/mol. The van der Waals surface area contributed by atoms with Crippen molar-refractivity contribution in [3.63, 3.8) is 0 Å². The van der Waals surface area contributed by atoms with Crippen LogP contribution in [0.4, 0.5) is 9.59 Å². The number of carbonyl (C=O) groups excluding carboxylic acids is 11. The highest BCUT2D eigenvalue weighted by Gasteiger charge is 2.44. The van der Waals surface area contributed by atoms with Crippen molar-refractivity contribution in [3.05, 3.63) is 122 Å². The van der Waals surface area contributed by atoms with Gasteiger partial charge in [0.05, 0.1) is 229 Å². The van der Waals surface area contributed by atoms with Gasteiger partial charge in [0.15, 0.2) is 0 Å². The molecular weight excluding hydrogens is 2010 g/mol. The number of hydrogen-bond donors (Lipinski definition) is 4. The van der Waals surface area contributed by atoms with Crippen molar-refractivity contribution in [1.82, 2.24) is 40.2 Å². The number of hydrogen-bond acceptors (Lipinski definition) is 38. The minimum Gasteiger partial charge on any atom is -0.508 e. The van der Waals surface area contributed by atoms with E-state index in [2.05, 4.69) is 29.8 Å². The first-order valence-corrected chi connectivity index (χ1v) is 54.4. The number of aliphatic hydroxyl groups excluding tert-OH is 1. The summed E-state index contributed by atoms with van der Waals surface area (Å²) in [4.78, 5) is 156. The van der Waals surface area contributed by atoms with Crippen molar-refractivity contribution >= 4 is 98.1 Å². The molecule has 6 atom stereocenters. The second-order valence-corrected chi connectivity index (χ2v) is 40.9. The lowest BCUT2D eigenvalue weighted by Crippen LogP contribution is -2.56. The molecule has 4 N–H and O–H groups in total. The maximum Gasteiger partial charge on any atom is 0.410 e. The second-order valence-electron chi connectivity index (χ2n) is 37.5. The van der Waals surface area contributed by atoms with Gasteiger partial charge in [-0.1, -0.05) is 80.5 Å². The van der Waals surface area contributed by atoms with Gasteiger partial charge in [0.2, 0.25) is 35.2 Å². The fraction of sp³-hybridized carbons (Fsp3) is 0.667. The predicted molar refractivity (Wildman–Crippen MR) is 554 cm³/mol. The lowest BCUT2D eigenvalue weighted by Gasteiger charge is -2.36. The number of methoxy groups -OCH3 is 3. The number of phenols is 1. The van der Waals surface area contributed by atoms with Crippen molar-refractivity contribution in [3.8, 4) is 11.5 Å². The molecule has 4 heterocycles. The summed E-state index contributed by atoms with van der Waals surface area (Å²) in [5.41, 5.74) is 0.899. The number of aromatic hydroxyl groups is 1. The van der Waals surface area contributed by atoms with Gasteiger partial charge in [-0.15, -0.1) is 22.7 Å². The summed E-state index contributed by atoms with van der Waals surface area (Å²) in [5.74, 6) is -2.07. The average Bonchev–Trinajstić information content (AvgIpc) is 1.63. The first-order chi connectivity index (χ1) is 71.9. The molecule has 3 aromatic carbocycles. The van der Waals surface area contributed by atoms with E-state index in [1.165, 1.54) is 92.2 Å². The number of aromatic nitrogens is 2. The number of likely N-dealkylation sites (tertiary alicyclic amines) is 2. The Bertz CT molecular complexity index is 4910. The van der Waals surface area contributed by atoms with Gasteiger partial charge in [-0.3, -0.25) is 57.1 Å². The number of ether oxygens (including phenoxy) is 18. The quantitative estimate of drug-likeness (QED) is 0.00923. The molecule has 9 rings (SSSR count). The van der Waals surface area contributed by atoms with Crippen LogP contribution in [0.1, 0.15) is 224 Å². The van der Waals surface area contributed by atoms with Crippen molar-refractivity contribution in [2.24, 2.45) is 11.8 Å². The number of phenolic OH excluding ortho intramolecular Hbond substituents is 1. The first-order valence-electron chi connectivity index (χ1n) is 51.3. The van der Waals surface area contributed by atoms with Crippen molar-refractivity contribution < 1.29 is 161 Å². The Balaban J connectivity index is 0.000000331. The van der Waals surface area contributed by atoms with Crippen LogP contribution in [0.2, 0.25) is 0 Å². The van der Waals surface area contributed by atoms with Crippen LogP contribution in [0, 0.1) is 18.8 Å². The van der Waals surface area contributed by atoms with E-state index < -0.39 is 69.5 Å². The standard InChI is InChI=1S/C43H64N4O12S.C31H42N4O6S.C19H30O9S.C12H24O7/c1-30(46(5)42(52)59-43(2,3)4)39(50)45-37(31-12-8-7-9-13-31)41(51)47-18-11-16-35(47)40-44-34(29-60-40)38(49)32-14-10-15-33(28-32)58-27-26-57-25-24-56-23-22-55-21-20-54-19-17-36(48)53-6;1-19(34(5)30(40)41-31(2,3)4)27(38)33-25(20-11-7-6-8-12-20)29(39)35-16-10-15-24(35)28-32-23(18-42-28)26(37)21-13-9-14-22(36)17-21;1-17-3-5-18(6-4-17)29(21,22)28-16-15-27-14-13-26-12-11-25-10-9-24-8-7-19(20)23-2;1-15-12(14)2-4-16-6-8-18-10-11-19-9-7-17-5-3-13/h10,14-15,28-31,35,37H,7-9,11-13,16-27H2,1-6H3,(H,45,50);9,13-14,17-20,24-25,36H,6-8,10-12,15-16H2,1-5H3,(H,33,38);3-6H,7-16H2,1-2H3;13H,2-11H2,1H3/t30-,35-,37-;19-,24-,25-;;/m00../s1. The van der Waals surface area contributed by atoms with Crippen LogP contribution in [-0.2, 0) is 128 Å². The molecule has 0 unspecified atom stereocenters. The van der Waals surface area contributed by atoms with Gasteiger partial charge >= 0.3 is 30.1 Å². The number of carbonyl (C=O) groups is 11.